The summed E-state index contributed by atoms with van der Waals surface area (Å²) in [5.41, 5.74) is 5.22. The third-order valence-corrected chi connectivity index (χ3v) is 10.6. The van der Waals surface area contributed by atoms with Gasteiger partial charge in [-0.3, -0.25) is 10.2 Å². The molecule has 2 aliphatic heterocycles. The first kappa shape index (κ1) is 35.8. The van der Waals surface area contributed by atoms with Gasteiger partial charge in [0.05, 0.1) is 5.69 Å². The van der Waals surface area contributed by atoms with E-state index in [-0.39, 0.29) is 6.09 Å². The number of likely N-dealkylation sites (tertiary alicyclic amines) is 2. The van der Waals surface area contributed by atoms with Crippen molar-refractivity contribution in [2.24, 2.45) is 0 Å². The van der Waals surface area contributed by atoms with E-state index in [9.17, 15) is 4.79 Å². The predicted octanol–water partition coefficient (Wildman–Crippen LogP) is 9.63. The second-order valence-electron chi connectivity index (χ2n) is 14.3. The number of amides is 1. The number of rotatable bonds is 16. The van der Waals surface area contributed by atoms with Crippen LogP contribution in [0, 0.1) is 0 Å². The van der Waals surface area contributed by atoms with Crippen molar-refractivity contribution in [3.8, 4) is 11.1 Å². The Labute approximate surface area is 299 Å². The van der Waals surface area contributed by atoms with Crippen LogP contribution in [0.5, 0.6) is 0 Å². The quantitative estimate of drug-likeness (QED) is 0.120. The van der Waals surface area contributed by atoms with E-state index in [1.807, 2.05) is 54.6 Å². The number of unbranched alkanes of at least 4 members (excludes halogenated alkanes) is 2. The Hall–Kier alpha value is -3.97. The van der Waals surface area contributed by atoms with Gasteiger partial charge in [0.2, 0.25) is 0 Å². The first-order chi connectivity index (χ1) is 24.6. The van der Waals surface area contributed by atoms with Crippen LogP contribution in [-0.4, -0.2) is 73.5 Å². The first-order valence-electron chi connectivity index (χ1n) is 18.9. The molecule has 4 aromatic carbocycles. The molecule has 2 fully saturated rings. The van der Waals surface area contributed by atoms with Gasteiger partial charge in [0.15, 0.2) is 0 Å². The van der Waals surface area contributed by atoms with E-state index < -0.39 is 5.60 Å². The van der Waals surface area contributed by atoms with Crippen molar-refractivity contribution < 1.29 is 14.3 Å². The normalized spacial score (nSPS) is 17.9. The van der Waals surface area contributed by atoms with E-state index in [0.29, 0.717) is 12.0 Å². The van der Waals surface area contributed by atoms with Crippen molar-refractivity contribution in [1.29, 1.82) is 0 Å². The van der Waals surface area contributed by atoms with E-state index in [1.54, 1.807) is 0 Å². The predicted molar refractivity (Wildman–Crippen MR) is 205 cm³/mol. The van der Waals surface area contributed by atoms with Crippen LogP contribution in [0.3, 0.4) is 0 Å². The zero-order valence-corrected chi connectivity index (χ0v) is 29.9. The smallest absolute Gasteiger partial charge is 0.412 e. The van der Waals surface area contributed by atoms with E-state index in [0.717, 1.165) is 88.3 Å². The van der Waals surface area contributed by atoms with Crippen molar-refractivity contribution in [2.75, 3.05) is 51.3 Å². The summed E-state index contributed by atoms with van der Waals surface area (Å²) in [6.45, 7) is 9.03. The van der Waals surface area contributed by atoms with Crippen LogP contribution >= 0.6 is 0 Å². The van der Waals surface area contributed by atoms with Crippen LogP contribution in [0.25, 0.3) is 11.1 Å². The van der Waals surface area contributed by atoms with Gasteiger partial charge in [0.25, 0.3) is 0 Å². The van der Waals surface area contributed by atoms with Gasteiger partial charge in [0.1, 0.15) is 5.60 Å². The van der Waals surface area contributed by atoms with Gasteiger partial charge in [-0.1, -0.05) is 109 Å². The molecule has 4 aromatic rings. The van der Waals surface area contributed by atoms with Gasteiger partial charge >= 0.3 is 6.09 Å². The Balaban J connectivity index is 0.838. The van der Waals surface area contributed by atoms with Gasteiger partial charge in [-0.05, 0) is 101 Å². The number of ether oxygens (including phenoxy) is 2. The fourth-order valence-corrected chi connectivity index (χ4v) is 7.80. The van der Waals surface area contributed by atoms with Crippen molar-refractivity contribution in [3.63, 3.8) is 0 Å². The fourth-order valence-electron chi connectivity index (χ4n) is 7.80. The molecular weight excluding hydrogens is 619 g/mol. The number of carbonyl (C=O) groups is 1. The van der Waals surface area contributed by atoms with E-state index >= 15 is 0 Å². The summed E-state index contributed by atoms with van der Waals surface area (Å²) in [4.78, 5) is 18.2. The fraction of sp³-hybridized carbons (Fsp3) is 0.432. The Morgan fingerprint density at radius 3 is 1.98 bits per heavy atom. The van der Waals surface area contributed by atoms with Crippen molar-refractivity contribution >= 4 is 11.8 Å². The van der Waals surface area contributed by atoms with Crippen molar-refractivity contribution in [2.45, 2.75) is 75.9 Å². The molecule has 0 aliphatic carbocycles. The standard InChI is InChI=1S/C44H55N3O3/c1-44(50-43(48)45-40-25-12-11-24-39(40)36-18-5-2-6-19-36)27-32-46(33-28-44)29-13-15-34-49-35-16-14-30-47-31-17-26-41(47)42(37-20-7-3-8-21-37)38-22-9-4-10-23-38/h2-12,18-25,41-42H,13-17,26-35H2,1H3,(H,45,48)/t41-/m0/s1. The Morgan fingerprint density at radius 1 is 0.740 bits per heavy atom. The molecule has 0 unspecified atom stereocenters. The summed E-state index contributed by atoms with van der Waals surface area (Å²) in [5.74, 6) is 0.421. The average Bonchev–Trinajstić information content (AvgIpc) is 3.61. The number of anilines is 1. The average molecular weight is 674 g/mol. The van der Waals surface area contributed by atoms with E-state index in [1.165, 1.54) is 36.9 Å². The number of carbonyl (C=O) groups excluding carboxylic acids is 1. The molecule has 264 valence electrons. The lowest BCUT2D eigenvalue weighted by Crippen LogP contribution is -2.46. The second kappa shape index (κ2) is 18.3. The molecule has 50 heavy (non-hydrogen) atoms. The SMILES string of the molecule is CC1(OC(=O)Nc2ccccc2-c2ccccc2)CCN(CCCCOCCCCN2CCC[C@H]2C(c2ccccc2)c2ccccc2)CC1. The van der Waals surface area contributed by atoms with Crippen LogP contribution in [0.1, 0.15) is 75.3 Å². The van der Waals surface area contributed by atoms with Crippen molar-refractivity contribution in [3.05, 3.63) is 126 Å². The number of hydrogen-bond acceptors (Lipinski definition) is 5. The Bertz CT molecular complexity index is 1530. The molecule has 1 N–H and O–H groups in total. The second-order valence-corrected chi connectivity index (χ2v) is 14.3. The number of hydrogen-bond donors (Lipinski definition) is 1. The lowest BCUT2D eigenvalue weighted by molar-refractivity contribution is -0.0166. The highest BCUT2D eigenvalue weighted by atomic mass is 16.6. The molecule has 0 aromatic heterocycles. The van der Waals surface area contributed by atoms with Gasteiger partial charge in [-0.25, -0.2) is 4.79 Å². The molecule has 6 heteroatoms. The molecule has 0 spiro atoms. The summed E-state index contributed by atoms with van der Waals surface area (Å²) in [6.07, 6.45) is 8.33. The van der Waals surface area contributed by atoms with Crippen LogP contribution in [-0.2, 0) is 9.47 Å². The minimum absolute atomic E-state index is 0.384. The Morgan fingerprint density at radius 2 is 1.32 bits per heavy atom. The largest absolute Gasteiger partial charge is 0.443 e. The molecular formula is C44H55N3O3. The number of nitrogens with zero attached hydrogens (tertiary/aromatic N) is 2. The molecule has 1 atom stereocenters. The maximum absolute atomic E-state index is 12.9. The maximum Gasteiger partial charge on any atom is 0.412 e. The molecule has 6 rings (SSSR count). The molecule has 0 bridgehead atoms. The molecule has 0 saturated carbocycles. The van der Waals surface area contributed by atoms with Crippen LogP contribution in [0.15, 0.2) is 115 Å². The maximum atomic E-state index is 12.9. The molecule has 0 radical (unpaired) electrons. The van der Waals surface area contributed by atoms with Crippen LogP contribution in [0.2, 0.25) is 0 Å². The van der Waals surface area contributed by atoms with Gasteiger partial charge < -0.3 is 14.4 Å². The summed E-state index contributed by atoms with van der Waals surface area (Å²) < 4.78 is 12.1. The van der Waals surface area contributed by atoms with Gasteiger partial charge in [-0.2, -0.15) is 0 Å². The highest BCUT2D eigenvalue weighted by Crippen LogP contribution is 2.36. The third kappa shape index (κ3) is 10.1. The lowest BCUT2D eigenvalue weighted by Gasteiger charge is -2.38. The molecule has 6 nitrogen and oxygen atoms in total. The first-order valence-corrected chi connectivity index (χ1v) is 18.9. The highest BCUT2D eigenvalue weighted by Gasteiger charge is 2.34. The molecule has 2 heterocycles. The van der Waals surface area contributed by atoms with Crippen LogP contribution in [0.4, 0.5) is 10.5 Å². The molecule has 2 aliphatic rings. The summed E-state index contributed by atoms with van der Waals surface area (Å²) in [7, 11) is 0. The van der Waals surface area contributed by atoms with Gasteiger partial charge in [0, 0.05) is 43.8 Å². The monoisotopic (exact) mass is 673 g/mol. The van der Waals surface area contributed by atoms with Gasteiger partial charge in [-0.15, -0.1) is 0 Å². The Kier molecular flexibility index (Phi) is 13.1. The topological polar surface area (TPSA) is 54.0 Å². The molecule has 2 saturated heterocycles. The minimum atomic E-state index is -0.454. The number of para-hydroxylation sites is 1. The zero-order chi connectivity index (χ0) is 34.4. The highest BCUT2D eigenvalue weighted by molar-refractivity contribution is 5.91. The zero-order valence-electron chi connectivity index (χ0n) is 29.9. The summed E-state index contributed by atoms with van der Waals surface area (Å²) >= 11 is 0. The lowest BCUT2D eigenvalue weighted by atomic mass is 9.84. The number of benzene rings is 4. The minimum Gasteiger partial charge on any atom is -0.443 e. The van der Waals surface area contributed by atoms with E-state index in [4.69, 9.17) is 9.47 Å². The summed E-state index contributed by atoms with van der Waals surface area (Å²) in [6, 6.07) is 40.7. The number of piperidine rings is 1. The number of nitrogens with one attached hydrogen (secondary N) is 1. The summed E-state index contributed by atoms with van der Waals surface area (Å²) in [5, 5.41) is 3.00. The molecule has 1 amide bonds. The van der Waals surface area contributed by atoms with Crippen LogP contribution < -0.4 is 5.32 Å². The van der Waals surface area contributed by atoms with Crippen molar-refractivity contribution in [1.82, 2.24) is 9.80 Å². The third-order valence-electron chi connectivity index (χ3n) is 10.6. The van der Waals surface area contributed by atoms with E-state index in [2.05, 4.69) is 82.7 Å².